The quantitative estimate of drug-likeness (QED) is 0.823. The molecule has 0 bridgehead atoms. The van der Waals surface area contributed by atoms with E-state index in [2.05, 4.69) is 10.3 Å². The highest BCUT2D eigenvalue weighted by molar-refractivity contribution is 5.76. The van der Waals surface area contributed by atoms with Gasteiger partial charge in [-0.05, 0) is 36.8 Å². The SMILES string of the molecule is N[C@@H]1CCC[C@H]1CC(=O)NCCc1cccnc1. The van der Waals surface area contributed by atoms with Gasteiger partial charge >= 0.3 is 0 Å². The van der Waals surface area contributed by atoms with Gasteiger partial charge in [0.15, 0.2) is 0 Å². The first kappa shape index (κ1) is 13.0. The Kier molecular flexibility index (Phi) is 4.70. The van der Waals surface area contributed by atoms with Crippen molar-refractivity contribution in [2.45, 2.75) is 38.1 Å². The molecular formula is C14H21N3O. The molecule has 1 amide bonds. The maximum Gasteiger partial charge on any atom is 0.220 e. The monoisotopic (exact) mass is 247 g/mol. The van der Waals surface area contributed by atoms with Gasteiger partial charge in [0, 0.05) is 31.4 Å². The Balaban J connectivity index is 1.66. The third-order valence-corrected chi connectivity index (χ3v) is 3.62. The van der Waals surface area contributed by atoms with Gasteiger partial charge in [0.25, 0.3) is 0 Å². The number of rotatable bonds is 5. The van der Waals surface area contributed by atoms with Crippen molar-refractivity contribution in [1.82, 2.24) is 10.3 Å². The highest BCUT2D eigenvalue weighted by Crippen LogP contribution is 2.26. The molecule has 1 aliphatic rings. The van der Waals surface area contributed by atoms with Crippen molar-refractivity contribution < 1.29 is 4.79 Å². The lowest BCUT2D eigenvalue weighted by atomic mass is 10.00. The Morgan fingerprint density at radius 2 is 2.39 bits per heavy atom. The number of amides is 1. The van der Waals surface area contributed by atoms with Crippen molar-refractivity contribution in [3.63, 3.8) is 0 Å². The van der Waals surface area contributed by atoms with Crippen molar-refractivity contribution in [2.24, 2.45) is 11.7 Å². The number of carbonyl (C=O) groups excluding carboxylic acids is 1. The minimum absolute atomic E-state index is 0.126. The lowest BCUT2D eigenvalue weighted by Crippen LogP contribution is -2.32. The van der Waals surface area contributed by atoms with E-state index in [1.807, 2.05) is 18.3 Å². The maximum absolute atomic E-state index is 11.8. The van der Waals surface area contributed by atoms with Crippen LogP contribution in [-0.2, 0) is 11.2 Å². The van der Waals surface area contributed by atoms with E-state index >= 15 is 0 Å². The largest absolute Gasteiger partial charge is 0.356 e. The van der Waals surface area contributed by atoms with Crippen LogP contribution in [0, 0.1) is 5.92 Å². The predicted octanol–water partition coefficient (Wildman–Crippen LogP) is 1.26. The van der Waals surface area contributed by atoms with Gasteiger partial charge in [-0.15, -0.1) is 0 Å². The molecule has 1 fully saturated rings. The third kappa shape index (κ3) is 3.81. The van der Waals surface area contributed by atoms with Crippen LogP contribution in [0.5, 0.6) is 0 Å². The highest BCUT2D eigenvalue weighted by Gasteiger charge is 2.25. The van der Waals surface area contributed by atoms with Crippen LogP contribution >= 0.6 is 0 Å². The molecular weight excluding hydrogens is 226 g/mol. The second-order valence-electron chi connectivity index (χ2n) is 5.02. The lowest BCUT2D eigenvalue weighted by Gasteiger charge is -2.14. The fraction of sp³-hybridized carbons (Fsp3) is 0.571. The Morgan fingerprint density at radius 3 is 3.06 bits per heavy atom. The summed E-state index contributed by atoms with van der Waals surface area (Å²) in [5.41, 5.74) is 7.11. The zero-order chi connectivity index (χ0) is 12.8. The topological polar surface area (TPSA) is 68.0 Å². The second-order valence-corrected chi connectivity index (χ2v) is 5.02. The number of pyridine rings is 1. The van der Waals surface area contributed by atoms with E-state index in [9.17, 15) is 4.79 Å². The summed E-state index contributed by atoms with van der Waals surface area (Å²) in [5, 5.41) is 2.96. The number of aromatic nitrogens is 1. The van der Waals surface area contributed by atoms with Crippen molar-refractivity contribution in [3.05, 3.63) is 30.1 Å². The van der Waals surface area contributed by atoms with E-state index in [1.54, 1.807) is 6.20 Å². The summed E-state index contributed by atoms with van der Waals surface area (Å²) in [6.45, 7) is 0.673. The van der Waals surface area contributed by atoms with Crippen molar-refractivity contribution in [3.8, 4) is 0 Å². The number of nitrogens with two attached hydrogens (primary N) is 1. The molecule has 0 saturated heterocycles. The summed E-state index contributed by atoms with van der Waals surface area (Å²) >= 11 is 0. The van der Waals surface area contributed by atoms with Gasteiger partial charge < -0.3 is 11.1 Å². The molecule has 98 valence electrons. The summed E-state index contributed by atoms with van der Waals surface area (Å²) in [7, 11) is 0. The van der Waals surface area contributed by atoms with Crippen LogP contribution < -0.4 is 11.1 Å². The zero-order valence-electron chi connectivity index (χ0n) is 10.6. The number of nitrogens with one attached hydrogen (secondary N) is 1. The van der Waals surface area contributed by atoms with Gasteiger partial charge in [0.05, 0.1) is 0 Å². The standard InChI is InChI=1S/C14H21N3O/c15-13-5-1-4-12(13)9-14(18)17-8-6-11-3-2-7-16-10-11/h2-3,7,10,12-13H,1,4-6,8-9,15H2,(H,17,18)/t12-,13+/m0/s1. The predicted molar refractivity (Wildman–Crippen MR) is 70.9 cm³/mol. The normalized spacial score (nSPS) is 22.9. The second kappa shape index (κ2) is 6.50. The first-order valence-corrected chi connectivity index (χ1v) is 6.67. The molecule has 4 nitrogen and oxygen atoms in total. The summed E-state index contributed by atoms with van der Waals surface area (Å²) in [6, 6.07) is 4.15. The molecule has 0 spiro atoms. The zero-order valence-corrected chi connectivity index (χ0v) is 10.6. The summed E-state index contributed by atoms with van der Waals surface area (Å²) in [6.07, 6.45) is 8.31. The van der Waals surface area contributed by atoms with Crippen LogP contribution in [0.15, 0.2) is 24.5 Å². The number of hydrogen-bond acceptors (Lipinski definition) is 3. The van der Waals surface area contributed by atoms with Gasteiger partial charge in [0.2, 0.25) is 5.91 Å². The van der Waals surface area contributed by atoms with E-state index in [1.165, 1.54) is 0 Å². The van der Waals surface area contributed by atoms with Crippen LogP contribution in [0.3, 0.4) is 0 Å². The highest BCUT2D eigenvalue weighted by atomic mass is 16.1. The maximum atomic E-state index is 11.8. The molecule has 2 atom stereocenters. The molecule has 0 unspecified atom stereocenters. The summed E-state index contributed by atoms with van der Waals surface area (Å²) in [5.74, 6) is 0.504. The van der Waals surface area contributed by atoms with Crippen LogP contribution in [0.4, 0.5) is 0 Å². The van der Waals surface area contributed by atoms with E-state index in [0.717, 1.165) is 31.2 Å². The van der Waals surface area contributed by atoms with Crippen molar-refractivity contribution in [1.29, 1.82) is 0 Å². The fourth-order valence-electron chi connectivity index (χ4n) is 2.52. The first-order valence-electron chi connectivity index (χ1n) is 6.67. The number of hydrogen-bond donors (Lipinski definition) is 2. The summed E-state index contributed by atoms with van der Waals surface area (Å²) < 4.78 is 0. The van der Waals surface area contributed by atoms with Gasteiger partial charge in [0.1, 0.15) is 0 Å². The summed E-state index contributed by atoms with van der Waals surface area (Å²) in [4.78, 5) is 15.8. The van der Waals surface area contributed by atoms with Gasteiger partial charge in [-0.1, -0.05) is 12.5 Å². The Hall–Kier alpha value is -1.42. The van der Waals surface area contributed by atoms with Crippen LogP contribution in [0.2, 0.25) is 0 Å². The molecule has 0 radical (unpaired) electrons. The fourth-order valence-corrected chi connectivity index (χ4v) is 2.52. The molecule has 1 aromatic heterocycles. The van der Waals surface area contributed by atoms with Crippen LogP contribution in [0.1, 0.15) is 31.2 Å². The molecule has 18 heavy (non-hydrogen) atoms. The van der Waals surface area contributed by atoms with Crippen molar-refractivity contribution >= 4 is 5.91 Å². The minimum Gasteiger partial charge on any atom is -0.356 e. The van der Waals surface area contributed by atoms with Gasteiger partial charge in [-0.25, -0.2) is 0 Å². The molecule has 0 aromatic carbocycles. The average molecular weight is 247 g/mol. The molecule has 2 rings (SSSR count). The molecule has 4 heteroatoms. The molecule has 3 N–H and O–H groups in total. The van der Waals surface area contributed by atoms with Gasteiger partial charge in [-0.3, -0.25) is 9.78 Å². The van der Waals surface area contributed by atoms with E-state index < -0.39 is 0 Å². The minimum atomic E-state index is 0.126. The van der Waals surface area contributed by atoms with E-state index in [4.69, 9.17) is 5.73 Å². The smallest absolute Gasteiger partial charge is 0.220 e. The molecule has 1 aromatic rings. The van der Waals surface area contributed by atoms with E-state index in [0.29, 0.717) is 18.9 Å². The number of nitrogens with zero attached hydrogens (tertiary/aromatic N) is 1. The van der Waals surface area contributed by atoms with Crippen molar-refractivity contribution in [2.75, 3.05) is 6.54 Å². The van der Waals surface area contributed by atoms with Crippen LogP contribution in [0.25, 0.3) is 0 Å². The third-order valence-electron chi connectivity index (χ3n) is 3.62. The Bertz CT molecular complexity index is 380. The number of carbonyl (C=O) groups is 1. The Labute approximate surface area is 108 Å². The Morgan fingerprint density at radius 1 is 1.50 bits per heavy atom. The van der Waals surface area contributed by atoms with Crippen LogP contribution in [-0.4, -0.2) is 23.5 Å². The first-order chi connectivity index (χ1) is 8.75. The molecule has 1 saturated carbocycles. The molecule has 1 heterocycles. The molecule has 1 aliphatic carbocycles. The average Bonchev–Trinajstić information content (AvgIpc) is 2.76. The lowest BCUT2D eigenvalue weighted by molar-refractivity contribution is -0.122. The van der Waals surface area contributed by atoms with Gasteiger partial charge in [-0.2, -0.15) is 0 Å². The molecule has 0 aliphatic heterocycles. The van der Waals surface area contributed by atoms with E-state index in [-0.39, 0.29) is 11.9 Å².